The van der Waals surface area contributed by atoms with Gasteiger partial charge in [-0.3, -0.25) is 8.86 Å². The number of aryl methyl sites for hydroxylation is 1. The fourth-order valence-electron chi connectivity index (χ4n) is 0.837. The van der Waals surface area contributed by atoms with Gasteiger partial charge in [0.1, 0.15) is 4.90 Å². The number of hydrogen-bond donors (Lipinski definition) is 0. The summed E-state index contributed by atoms with van der Waals surface area (Å²) in [6.45, 7) is 3.32. The second-order valence-electron chi connectivity index (χ2n) is 2.95. The molecule has 5 nitrogen and oxygen atoms in total. The lowest BCUT2D eigenvalue weighted by Gasteiger charge is -2.05. The molecular formula is C7H12N2O3S. The summed E-state index contributed by atoms with van der Waals surface area (Å²) in [5, 5.41) is 3.75. The van der Waals surface area contributed by atoms with Gasteiger partial charge in [0.2, 0.25) is 0 Å². The molecule has 0 aliphatic carbocycles. The van der Waals surface area contributed by atoms with Gasteiger partial charge in [-0.1, -0.05) is 0 Å². The molecular weight excluding hydrogens is 192 g/mol. The minimum atomic E-state index is -3.62. The maximum Gasteiger partial charge on any atom is 0.300 e. The molecule has 0 fully saturated rings. The van der Waals surface area contributed by atoms with Gasteiger partial charge in [0, 0.05) is 13.2 Å². The predicted molar refractivity (Wildman–Crippen MR) is 46.6 cm³/mol. The van der Waals surface area contributed by atoms with Gasteiger partial charge in [-0.2, -0.15) is 13.5 Å². The Bertz CT molecular complexity index is 380. The monoisotopic (exact) mass is 204 g/mol. The molecule has 0 saturated heterocycles. The van der Waals surface area contributed by atoms with Crippen LogP contribution in [0.2, 0.25) is 0 Å². The second-order valence-corrected chi connectivity index (χ2v) is 4.52. The van der Waals surface area contributed by atoms with Crippen LogP contribution in [0.15, 0.2) is 17.3 Å². The standard InChI is InChI=1S/C7H12N2O3S/c1-6(2)12-13(10,11)7-4-8-9(3)5-7/h4-6H,1-3H3. The molecule has 74 valence electrons. The van der Waals surface area contributed by atoms with E-state index in [-0.39, 0.29) is 11.0 Å². The fraction of sp³-hybridized carbons (Fsp3) is 0.571. The van der Waals surface area contributed by atoms with E-state index in [1.165, 1.54) is 17.1 Å². The Balaban J connectivity index is 2.95. The molecule has 0 atom stereocenters. The van der Waals surface area contributed by atoms with Crippen LogP contribution in [0.3, 0.4) is 0 Å². The minimum absolute atomic E-state index is 0.0868. The molecule has 0 aliphatic heterocycles. The lowest BCUT2D eigenvalue weighted by atomic mass is 10.5. The summed E-state index contributed by atoms with van der Waals surface area (Å²) in [5.74, 6) is 0. The van der Waals surface area contributed by atoms with Gasteiger partial charge in [-0.15, -0.1) is 0 Å². The van der Waals surface area contributed by atoms with E-state index in [4.69, 9.17) is 4.18 Å². The predicted octanol–water partition coefficient (Wildman–Crippen LogP) is 0.534. The van der Waals surface area contributed by atoms with Crippen molar-refractivity contribution in [3.8, 4) is 0 Å². The van der Waals surface area contributed by atoms with Crippen LogP contribution in [0.1, 0.15) is 13.8 Å². The number of nitrogens with zero attached hydrogens (tertiary/aromatic N) is 2. The topological polar surface area (TPSA) is 61.2 Å². The molecule has 1 rings (SSSR count). The maximum atomic E-state index is 11.4. The average Bonchev–Trinajstić information content (AvgIpc) is 2.32. The van der Waals surface area contributed by atoms with E-state index in [0.29, 0.717) is 0 Å². The summed E-state index contributed by atoms with van der Waals surface area (Å²) >= 11 is 0. The Kier molecular flexibility index (Phi) is 2.72. The zero-order valence-electron chi connectivity index (χ0n) is 7.76. The fourth-order valence-corrected chi connectivity index (χ4v) is 1.91. The summed E-state index contributed by atoms with van der Waals surface area (Å²) in [7, 11) is -1.97. The molecule has 0 radical (unpaired) electrons. The Morgan fingerprint density at radius 3 is 2.54 bits per heavy atom. The first-order valence-electron chi connectivity index (χ1n) is 3.84. The van der Waals surface area contributed by atoms with E-state index in [0.717, 1.165) is 0 Å². The van der Waals surface area contributed by atoms with Crippen LogP contribution >= 0.6 is 0 Å². The molecule has 13 heavy (non-hydrogen) atoms. The van der Waals surface area contributed by atoms with E-state index >= 15 is 0 Å². The van der Waals surface area contributed by atoms with Crippen LogP contribution in [0.4, 0.5) is 0 Å². The second kappa shape index (κ2) is 3.47. The van der Waals surface area contributed by atoms with E-state index in [1.807, 2.05) is 0 Å². The third-order valence-electron chi connectivity index (χ3n) is 1.29. The number of aromatic nitrogens is 2. The molecule has 0 spiro atoms. The molecule has 0 amide bonds. The van der Waals surface area contributed by atoms with Crippen molar-refractivity contribution in [3.63, 3.8) is 0 Å². The quantitative estimate of drug-likeness (QED) is 0.674. The van der Waals surface area contributed by atoms with Crippen molar-refractivity contribution in [3.05, 3.63) is 12.4 Å². The lowest BCUT2D eigenvalue weighted by molar-refractivity contribution is 0.249. The highest BCUT2D eigenvalue weighted by molar-refractivity contribution is 7.86. The Morgan fingerprint density at radius 1 is 1.54 bits per heavy atom. The van der Waals surface area contributed by atoms with Crippen LogP contribution in [-0.4, -0.2) is 24.3 Å². The molecule has 1 aromatic heterocycles. The van der Waals surface area contributed by atoms with Gasteiger partial charge in [-0.25, -0.2) is 0 Å². The van der Waals surface area contributed by atoms with Gasteiger partial charge in [-0.05, 0) is 13.8 Å². The zero-order chi connectivity index (χ0) is 10.1. The first kappa shape index (κ1) is 10.2. The van der Waals surface area contributed by atoms with Crippen molar-refractivity contribution < 1.29 is 12.6 Å². The highest BCUT2D eigenvalue weighted by atomic mass is 32.2. The Morgan fingerprint density at radius 2 is 2.15 bits per heavy atom. The van der Waals surface area contributed by atoms with Crippen molar-refractivity contribution in [1.82, 2.24) is 9.78 Å². The smallest absolute Gasteiger partial charge is 0.274 e. The summed E-state index contributed by atoms with van der Waals surface area (Å²) in [4.78, 5) is 0.0868. The number of hydrogen-bond acceptors (Lipinski definition) is 4. The van der Waals surface area contributed by atoms with Crippen LogP contribution in [0.5, 0.6) is 0 Å². The van der Waals surface area contributed by atoms with Crippen LogP contribution in [0.25, 0.3) is 0 Å². The van der Waals surface area contributed by atoms with Crippen molar-refractivity contribution >= 4 is 10.1 Å². The molecule has 0 bridgehead atoms. The normalized spacial score (nSPS) is 12.3. The lowest BCUT2D eigenvalue weighted by Crippen LogP contribution is -2.11. The summed E-state index contributed by atoms with van der Waals surface area (Å²) in [6, 6.07) is 0. The van der Waals surface area contributed by atoms with Crippen LogP contribution in [-0.2, 0) is 21.3 Å². The van der Waals surface area contributed by atoms with Crippen molar-refractivity contribution in [2.45, 2.75) is 24.8 Å². The van der Waals surface area contributed by atoms with Crippen LogP contribution < -0.4 is 0 Å². The zero-order valence-corrected chi connectivity index (χ0v) is 8.58. The highest BCUT2D eigenvalue weighted by Crippen LogP contribution is 2.12. The summed E-state index contributed by atoms with van der Waals surface area (Å²) in [6.07, 6.45) is 2.31. The minimum Gasteiger partial charge on any atom is -0.274 e. The van der Waals surface area contributed by atoms with Crippen molar-refractivity contribution in [2.24, 2.45) is 7.05 Å². The molecule has 0 N–H and O–H groups in total. The van der Waals surface area contributed by atoms with Gasteiger partial charge >= 0.3 is 0 Å². The number of rotatable bonds is 3. The van der Waals surface area contributed by atoms with E-state index in [9.17, 15) is 8.42 Å². The van der Waals surface area contributed by atoms with Crippen LogP contribution in [0, 0.1) is 0 Å². The van der Waals surface area contributed by atoms with Gasteiger partial charge in [0.15, 0.2) is 0 Å². The first-order valence-corrected chi connectivity index (χ1v) is 5.24. The molecule has 1 heterocycles. The van der Waals surface area contributed by atoms with E-state index in [1.54, 1.807) is 20.9 Å². The van der Waals surface area contributed by atoms with Crippen molar-refractivity contribution in [1.29, 1.82) is 0 Å². The summed E-state index contributed by atoms with van der Waals surface area (Å²) < 4.78 is 28.9. The SMILES string of the molecule is CC(C)OS(=O)(=O)c1cnn(C)c1. The van der Waals surface area contributed by atoms with E-state index in [2.05, 4.69) is 5.10 Å². The Hall–Kier alpha value is -0.880. The largest absolute Gasteiger partial charge is 0.300 e. The molecule has 6 heteroatoms. The maximum absolute atomic E-state index is 11.4. The molecule has 0 aromatic carbocycles. The third kappa shape index (κ3) is 2.53. The van der Waals surface area contributed by atoms with Gasteiger partial charge in [0.05, 0.1) is 12.3 Å². The Labute approximate surface area is 77.4 Å². The highest BCUT2D eigenvalue weighted by Gasteiger charge is 2.18. The van der Waals surface area contributed by atoms with Gasteiger partial charge < -0.3 is 0 Å². The molecule has 0 unspecified atom stereocenters. The molecule has 1 aromatic rings. The van der Waals surface area contributed by atoms with E-state index < -0.39 is 10.1 Å². The van der Waals surface area contributed by atoms with Gasteiger partial charge in [0.25, 0.3) is 10.1 Å². The summed E-state index contributed by atoms with van der Waals surface area (Å²) in [5.41, 5.74) is 0. The molecule has 0 saturated carbocycles. The first-order chi connectivity index (χ1) is 5.92. The molecule has 0 aliphatic rings. The van der Waals surface area contributed by atoms with Crippen molar-refractivity contribution in [2.75, 3.05) is 0 Å². The average molecular weight is 204 g/mol. The third-order valence-corrected chi connectivity index (χ3v) is 2.72.